The molecule has 0 unspecified atom stereocenters. The monoisotopic (exact) mass is 491 g/mol. The summed E-state index contributed by atoms with van der Waals surface area (Å²) >= 11 is 12.8. The maximum absolute atomic E-state index is 13.4. The third-order valence-electron chi connectivity index (χ3n) is 5.10. The Kier molecular flexibility index (Phi) is 5.86. The average molecular weight is 492 g/mol. The van der Waals surface area contributed by atoms with Crippen LogP contribution in [0.15, 0.2) is 81.0 Å². The summed E-state index contributed by atoms with van der Waals surface area (Å²) in [5, 5.41) is 6.49. The number of ether oxygens (including phenoxy) is 1. The Morgan fingerprint density at radius 3 is 2.47 bits per heavy atom. The minimum absolute atomic E-state index is 0.0804. The molecule has 8 heteroatoms. The molecule has 0 aliphatic rings. The number of halogens is 2. The van der Waals surface area contributed by atoms with Crippen molar-refractivity contribution in [3.05, 3.63) is 92.7 Å². The van der Waals surface area contributed by atoms with Gasteiger partial charge in [-0.1, -0.05) is 53.5 Å². The van der Waals surface area contributed by atoms with E-state index >= 15 is 0 Å². The van der Waals surface area contributed by atoms with Gasteiger partial charge >= 0.3 is 0 Å². The van der Waals surface area contributed by atoms with Gasteiger partial charge in [0.25, 0.3) is 5.56 Å². The molecule has 0 saturated carbocycles. The number of hydrogen-bond acceptors (Lipinski definition) is 5. The van der Waals surface area contributed by atoms with E-state index in [2.05, 4.69) is 10.1 Å². The van der Waals surface area contributed by atoms with Crippen molar-refractivity contribution in [2.24, 2.45) is 5.10 Å². The fourth-order valence-electron chi connectivity index (χ4n) is 3.61. The van der Waals surface area contributed by atoms with Crippen molar-refractivity contribution >= 4 is 51.3 Å². The Balaban J connectivity index is 1.66. The predicted octanol–water partition coefficient (Wildman–Crippen LogP) is 6.79. The number of aromatic nitrogens is 2. The largest absolute Gasteiger partial charge is 0.488 e. The molecule has 0 radical (unpaired) electrons. The molecular weight excluding hydrogens is 473 g/mol. The average Bonchev–Trinajstić information content (AvgIpc) is 3.25. The summed E-state index contributed by atoms with van der Waals surface area (Å²) in [6, 6.07) is 19.9. The van der Waals surface area contributed by atoms with Crippen LogP contribution in [0.2, 0.25) is 10.0 Å². The first kappa shape index (κ1) is 22.2. The van der Waals surface area contributed by atoms with E-state index in [9.17, 15) is 4.79 Å². The second-order valence-corrected chi connectivity index (χ2v) is 8.76. The molecule has 0 fully saturated rings. The molecule has 170 valence electrons. The molecule has 3 aromatic carbocycles. The number of para-hydroxylation sites is 2. The first-order valence-corrected chi connectivity index (χ1v) is 11.4. The van der Waals surface area contributed by atoms with Gasteiger partial charge in [-0.05, 0) is 55.8 Å². The first-order valence-electron chi connectivity index (χ1n) is 10.6. The van der Waals surface area contributed by atoms with Crippen molar-refractivity contribution in [2.45, 2.75) is 20.0 Å². The summed E-state index contributed by atoms with van der Waals surface area (Å²) in [6.45, 7) is 3.78. The molecule has 2 aromatic heterocycles. The van der Waals surface area contributed by atoms with E-state index < -0.39 is 0 Å². The lowest BCUT2D eigenvalue weighted by molar-refractivity contribution is 0.243. The smallest absolute Gasteiger partial charge is 0.282 e. The highest BCUT2D eigenvalue weighted by Gasteiger charge is 2.17. The van der Waals surface area contributed by atoms with Gasteiger partial charge in [-0.15, -0.1) is 0 Å². The Morgan fingerprint density at radius 2 is 1.74 bits per heavy atom. The van der Waals surface area contributed by atoms with Crippen molar-refractivity contribution in [1.29, 1.82) is 0 Å². The molecule has 0 N–H and O–H groups in total. The van der Waals surface area contributed by atoms with Crippen LogP contribution in [-0.4, -0.2) is 22.0 Å². The number of furan rings is 1. The molecule has 5 rings (SSSR count). The van der Waals surface area contributed by atoms with Crippen LogP contribution in [-0.2, 0) is 0 Å². The summed E-state index contributed by atoms with van der Waals surface area (Å²) in [4.78, 5) is 18.0. The second kappa shape index (κ2) is 8.97. The molecule has 0 bridgehead atoms. The van der Waals surface area contributed by atoms with Crippen molar-refractivity contribution in [3.8, 4) is 17.3 Å². The van der Waals surface area contributed by atoms with Crippen LogP contribution in [0.25, 0.3) is 33.5 Å². The van der Waals surface area contributed by atoms with Gasteiger partial charge in [0, 0.05) is 5.39 Å². The lowest BCUT2D eigenvalue weighted by Gasteiger charge is -2.13. The van der Waals surface area contributed by atoms with Crippen molar-refractivity contribution in [2.75, 3.05) is 0 Å². The maximum atomic E-state index is 13.4. The quantitative estimate of drug-likeness (QED) is 0.254. The van der Waals surface area contributed by atoms with Gasteiger partial charge in [-0.2, -0.15) is 9.78 Å². The molecule has 0 saturated heterocycles. The van der Waals surface area contributed by atoms with Crippen LogP contribution in [0.4, 0.5) is 0 Å². The molecule has 0 aliphatic carbocycles. The topological polar surface area (TPSA) is 69.6 Å². The number of benzene rings is 3. The SMILES string of the molecule is CC(C)Oc1c(Cl)cc(C=Nn2c(-c3cc4ccccc4o3)nc3ccccc3c2=O)cc1Cl. The molecule has 0 aliphatic heterocycles. The van der Waals surface area contributed by atoms with E-state index in [1.54, 1.807) is 30.3 Å². The zero-order chi connectivity index (χ0) is 23.8. The zero-order valence-electron chi connectivity index (χ0n) is 18.3. The molecule has 2 heterocycles. The molecule has 0 amide bonds. The summed E-state index contributed by atoms with van der Waals surface area (Å²) in [5.74, 6) is 1.12. The van der Waals surface area contributed by atoms with E-state index in [4.69, 9.17) is 32.4 Å². The van der Waals surface area contributed by atoms with E-state index in [-0.39, 0.29) is 17.5 Å². The van der Waals surface area contributed by atoms with Crippen LogP contribution in [0.3, 0.4) is 0 Å². The molecule has 0 atom stereocenters. The maximum Gasteiger partial charge on any atom is 0.282 e. The van der Waals surface area contributed by atoms with Crippen LogP contribution < -0.4 is 10.3 Å². The molecule has 5 aromatic rings. The zero-order valence-corrected chi connectivity index (χ0v) is 19.8. The normalized spacial score (nSPS) is 11.8. The van der Waals surface area contributed by atoms with Gasteiger partial charge < -0.3 is 9.15 Å². The number of fused-ring (bicyclic) bond motifs is 2. The Hall–Kier alpha value is -3.61. The lowest BCUT2D eigenvalue weighted by atomic mass is 10.2. The van der Waals surface area contributed by atoms with Gasteiger partial charge in [0.15, 0.2) is 11.5 Å². The summed E-state index contributed by atoms with van der Waals surface area (Å²) in [6.07, 6.45) is 1.42. The van der Waals surface area contributed by atoms with Crippen molar-refractivity contribution in [1.82, 2.24) is 9.66 Å². The Bertz CT molecular complexity index is 1560. The molecular formula is C26H19Cl2N3O3. The highest BCUT2D eigenvalue weighted by Crippen LogP contribution is 2.34. The van der Waals surface area contributed by atoms with Crippen molar-refractivity contribution in [3.63, 3.8) is 0 Å². The Morgan fingerprint density at radius 1 is 1.03 bits per heavy atom. The van der Waals surface area contributed by atoms with Gasteiger partial charge in [0.2, 0.25) is 5.82 Å². The standard InChI is InChI=1S/C26H19Cl2N3O3/c1-15(2)33-24-19(27)11-16(12-20(24)28)14-29-31-25(23-13-17-7-3-6-10-22(17)34-23)30-21-9-5-4-8-18(21)26(31)32/h3-15H,1-2H3. The highest BCUT2D eigenvalue weighted by molar-refractivity contribution is 6.37. The fourth-order valence-corrected chi connectivity index (χ4v) is 4.20. The van der Waals surface area contributed by atoms with Gasteiger partial charge in [0.1, 0.15) is 5.58 Å². The summed E-state index contributed by atoms with van der Waals surface area (Å²) < 4.78 is 12.9. The first-order chi connectivity index (χ1) is 16.4. The summed E-state index contributed by atoms with van der Waals surface area (Å²) in [5.41, 5.74) is 1.52. The fraction of sp³-hybridized carbons (Fsp3) is 0.115. The third-order valence-corrected chi connectivity index (χ3v) is 5.66. The predicted molar refractivity (Wildman–Crippen MR) is 136 cm³/mol. The molecule has 34 heavy (non-hydrogen) atoms. The van der Waals surface area contributed by atoms with E-state index in [0.717, 1.165) is 5.39 Å². The highest BCUT2D eigenvalue weighted by atomic mass is 35.5. The van der Waals surface area contributed by atoms with Crippen LogP contribution >= 0.6 is 23.2 Å². The number of nitrogens with zero attached hydrogens (tertiary/aromatic N) is 3. The summed E-state index contributed by atoms with van der Waals surface area (Å²) in [7, 11) is 0. The van der Waals surface area contributed by atoms with Crippen LogP contribution in [0.1, 0.15) is 19.4 Å². The van der Waals surface area contributed by atoms with E-state index in [0.29, 0.717) is 43.6 Å². The number of hydrogen-bond donors (Lipinski definition) is 0. The molecule has 6 nitrogen and oxygen atoms in total. The van der Waals surface area contributed by atoms with Crippen LogP contribution in [0, 0.1) is 0 Å². The van der Waals surface area contributed by atoms with Crippen molar-refractivity contribution < 1.29 is 9.15 Å². The van der Waals surface area contributed by atoms with Crippen LogP contribution in [0.5, 0.6) is 5.75 Å². The van der Waals surface area contributed by atoms with Gasteiger partial charge in [-0.25, -0.2) is 4.98 Å². The minimum Gasteiger partial charge on any atom is -0.488 e. The van der Waals surface area contributed by atoms with Gasteiger partial charge in [-0.3, -0.25) is 4.79 Å². The Labute approximate surface area is 205 Å². The minimum atomic E-state index is -0.325. The van der Waals surface area contributed by atoms with E-state index in [1.165, 1.54) is 10.9 Å². The molecule has 0 spiro atoms. The lowest BCUT2D eigenvalue weighted by Crippen LogP contribution is -2.20. The number of rotatable bonds is 5. The van der Waals surface area contributed by atoms with Gasteiger partial charge in [0.05, 0.1) is 33.3 Å². The third kappa shape index (κ3) is 4.18. The van der Waals surface area contributed by atoms with E-state index in [1.807, 2.05) is 50.2 Å². The second-order valence-electron chi connectivity index (χ2n) is 7.94.